The van der Waals surface area contributed by atoms with E-state index in [-0.39, 0.29) is 36.0 Å². The van der Waals surface area contributed by atoms with Gasteiger partial charge in [-0.05, 0) is 50.3 Å². The molecule has 2 amide bonds. The molecule has 1 aromatic rings. The highest BCUT2D eigenvalue weighted by atomic mass is 16.5. The van der Waals surface area contributed by atoms with Crippen molar-refractivity contribution in [2.75, 3.05) is 12.0 Å². The van der Waals surface area contributed by atoms with Gasteiger partial charge in [-0.1, -0.05) is 45.1 Å². The summed E-state index contributed by atoms with van der Waals surface area (Å²) in [7, 11) is 1.58. The first kappa shape index (κ1) is 33.3. The van der Waals surface area contributed by atoms with Crippen LogP contribution in [0.1, 0.15) is 65.9 Å². The maximum absolute atomic E-state index is 13.1. The summed E-state index contributed by atoms with van der Waals surface area (Å²) in [4.78, 5) is 40.1. The maximum atomic E-state index is 13.1. The molecule has 44 heavy (non-hydrogen) atoms. The Kier molecular flexibility index (Phi) is 10.9. The minimum atomic E-state index is -0.886. The fourth-order valence-electron chi connectivity index (χ4n) is 6.13. The number of nitrogens with zero attached hydrogens (tertiary/aromatic N) is 1. The molecule has 3 heterocycles. The molecule has 3 aliphatic heterocycles. The Labute approximate surface area is 259 Å². The molecule has 10 heteroatoms. The summed E-state index contributed by atoms with van der Waals surface area (Å²) >= 11 is 0. The first-order chi connectivity index (χ1) is 20.9. The number of methoxy groups -OCH3 is 1. The quantitative estimate of drug-likeness (QED) is 0.323. The molecule has 1 aromatic carbocycles. The molecule has 2 bridgehead atoms. The van der Waals surface area contributed by atoms with E-state index in [1.165, 1.54) is 0 Å². The SMILES string of the molecule is CO[C@@H]1CC(=O)N2c3cc(O)cc4c3O[C@@H](/C=C/C=C/C[C@H](OC(=O)[C@@H](C)NC(=O)CC(C)C)[C@H](C)[C@@H](O)/C(C)=C\CC4)[C@H]12. The van der Waals surface area contributed by atoms with Gasteiger partial charge in [-0.15, -0.1) is 0 Å². The lowest BCUT2D eigenvalue weighted by Gasteiger charge is -2.39. The van der Waals surface area contributed by atoms with E-state index in [0.29, 0.717) is 37.1 Å². The number of aliphatic hydroxyl groups is 1. The molecule has 0 spiro atoms. The van der Waals surface area contributed by atoms with Gasteiger partial charge in [0.2, 0.25) is 11.8 Å². The van der Waals surface area contributed by atoms with Gasteiger partial charge in [0.25, 0.3) is 0 Å². The number of carbonyl (C=O) groups is 3. The Morgan fingerprint density at radius 3 is 2.64 bits per heavy atom. The van der Waals surface area contributed by atoms with Crippen LogP contribution in [0.4, 0.5) is 5.69 Å². The van der Waals surface area contributed by atoms with Crippen molar-refractivity contribution in [3.8, 4) is 11.5 Å². The highest BCUT2D eigenvalue weighted by molar-refractivity contribution is 5.99. The minimum Gasteiger partial charge on any atom is -0.508 e. The smallest absolute Gasteiger partial charge is 0.328 e. The van der Waals surface area contributed by atoms with Crippen molar-refractivity contribution in [1.82, 2.24) is 5.32 Å². The van der Waals surface area contributed by atoms with Crippen LogP contribution < -0.4 is 15.0 Å². The molecule has 0 saturated carbocycles. The van der Waals surface area contributed by atoms with Gasteiger partial charge in [-0.25, -0.2) is 4.79 Å². The van der Waals surface area contributed by atoms with Crippen molar-refractivity contribution in [1.29, 1.82) is 0 Å². The number of rotatable bonds is 6. The number of hydrogen-bond donors (Lipinski definition) is 3. The third kappa shape index (κ3) is 7.53. The number of fused-ring (bicyclic) bond motifs is 4. The molecule has 0 aliphatic carbocycles. The van der Waals surface area contributed by atoms with Crippen molar-refractivity contribution in [2.45, 2.75) is 103 Å². The number of phenols is 1. The molecule has 1 fully saturated rings. The summed E-state index contributed by atoms with van der Waals surface area (Å²) in [6.07, 6.45) is 8.77. The molecule has 4 rings (SSSR count). The zero-order valence-electron chi connectivity index (χ0n) is 26.5. The number of aromatic hydroxyl groups is 1. The largest absolute Gasteiger partial charge is 0.508 e. The third-order valence-electron chi connectivity index (χ3n) is 8.55. The normalized spacial score (nSPS) is 30.4. The summed E-state index contributed by atoms with van der Waals surface area (Å²) in [5.74, 6) is -0.569. The van der Waals surface area contributed by atoms with Crippen LogP contribution >= 0.6 is 0 Å². The van der Waals surface area contributed by atoms with E-state index < -0.39 is 42.3 Å². The second kappa shape index (κ2) is 14.4. The van der Waals surface area contributed by atoms with Crippen LogP contribution in [0.2, 0.25) is 0 Å². The van der Waals surface area contributed by atoms with Crippen LogP contribution in [0, 0.1) is 11.8 Å². The number of aryl methyl sites for hydroxylation is 1. The van der Waals surface area contributed by atoms with Crippen molar-refractivity contribution in [3.05, 3.63) is 53.6 Å². The highest BCUT2D eigenvalue weighted by Gasteiger charge is 2.49. The number of amides is 2. The molecule has 0 aromatic heterocycles. The molecule has 1 saturated heterocycles. The van der Waals surface area contributed by atoms with E-state index in [2.05, 4.69) is 5.32 Å². The summed E-state index contributed by atoms with van der Waals surface area (Å²) in [5.41, 5.74) is 2.00. The number of allylic oxidation sites excluding steroid dienone is 3. The molecule has 7 atom stereocenters. The molecule has 240 valence electrons. The zero-order valence-corrected chi connectivity index (χ0v) is 26.5. The number of ether oxygens (including phenoxy) is 3. The van der Waals surface area contributed by atoms with Crippen molar-refractivity contribution >= 4 is 23.5 Å². The average molecular weight is 611 g/mol. The van der Waals surface area contributed by atoms with Crippen LogP contribution in [0.3, 0.4) is 0 Å². The minimum absolute atomic E-state index is 0.0368. The number of nitrogens with one attached hydrogen (secondary N) is 1. The van der Waals surface area contributed by atoms with Gasteiger partial charge in [-0.3, -0.25) is 14.5 Å². The van der Waals surface area contributed by atoms with Gasteiger partial charge in [0, 0.05) is 37.5 Å². The fraction of sp³-hybridized carbons (Fsp3) is 0.559. The molecule has 0 unspecified atom stereocenters. The number of phenolic OH excluding ortho intramolecular Hbond substituents is 1. The van der Waals surface area contributed by atoms with Crippen LogP contribution in [-0.4, -0.2) is 71.6 Å². The van der Waals surface area contributed by atoms with Crippen LogP contribution in [0.5, 0.6) is 11.5 Å². The number of hydrogen-bond acceptors (Lipinski definition) is 8. The monoisotopic (exact) mass is 610 g/mol. The Balaban J connectivity index is 1.63. The Morgan fingerprint density at radius 2 is 1.93 bits per heavy atom. The zero-order chi connectivity index (χ0) is 32.1. The summed E-state index contributed by atoms with van der Waals surface area (Å²) in [6.45, 7) is 9.13. The van der Waals surface area contributed by atoms with Crippen LogP contribution in [-0.2, 0) is 30.3 Å². The number of anilines is 1. The topological polar surface area (TPSA) is 135 Å². The van der Waals surface area contributed by atoms with Gasteiger partial charge in [0.1, 0.15) is 35.8 Å². The summed E-state index contributed by atoms with van der Waals surface area (Å²) in [5, 5.41) is 24.5. The van der Waals surface area contributed by atoms with E-state index >= 15 is 0 Å². The van der Waals surface area contributed by atoms with Crippen LogP contribution in [0.25, 0.3) is 0 Å². The molecular formula is C34H46N2O8. The standard InChI is InChI=1S/C34H46N2O8/c1-19(2)15-29(38)35-22(5)34(41)44-26-13-8-7-9-14-27-31-28(42-6)18-30(39)36(31)25-17-24(37)16-23(33(25)43-27)12-10-11-20(3)32(40)21(26)4/h7-9,11,14,16-17,19,21-22,26-28,31-32,37,40H,10,12-13,15,18H2,1-6H3,(H,35,38)/b8-7+,14-9+,20-11-/t21-,22+,26-,27-,28+,31+,32-/m0/s1. The van der Waals surface area contributed by atoms with Gasteiger partial charge >= 0.3 is 5.97 Å². The molecular weight excluding hydrogens is 564 g/mol. The van der Waals surface area contributed by atoms with E-state index in [0.717, 1.165) is 11.1 Å². The Morgan fingerprint density at radius 1 is 1.18 bits per heavy atom. The second-order valence-electron chi connectivity index (χ2n) is 12.5. The first-order valence-corrected chi connectivity index (χ1v) is 15.5. The summed E-state index contributed by atoms with van der Waals surface area (Å²) in [6, 6.07) is 1.97. The van der Waals surface area contributed by atoms with Gasteiger partial charge in [-0.2, -0.15) is 0 Å². The third-order valence-corrected chi connectivity index (χ3v) is 8.55. The second-order valence-corrected chi connectivity index (χ2v) is 12.5. The highest BCUT2D eigenvalue weighted by Crippen LogP contribution is 2.46. The van der Waals surface area contributed by atoms with Crippen LogP contribution in [0.15, 0.2) is 48.1 Å². The van der Waals surface area contributed by atoms with Crippen molar-refractivity contribution < 1.29 is 38.8 Å². The lowest BCUT2D eigenvalue weighted by Crippen LogP contribution is -2.51. The molecule has 0 radical (unpaired) electrons. The van der Waals surface area contributed by atoms with E-state index in [9.17, 15) is 24.6 Å². The number of esters is 1. The van der Waals surface area contributed by atoms with Crippen molar-refractivity contribution in [3.63, 3.8) is 0 Å². The molecule has 3 N–H and O–H groups in total. The lowest BCUT2D eigenvalue weighted by atomic mass is 9.90. The van der Waals surface area contributed by atoms with E-state index in [1.807, 2.05) is 58.1 Å². The first-order valence-electron chi connectivity index (χ1n) is 15.5. The molecule has 3 aliphatic rings. The number of aliphatic hydroxyl groups excluding tert-OH is 1. The predicted octanol–water partition coefficient (Wildman–Crippen LogP) is 4.13. The average Bonchev–Trinajstić information content (AvgIpc) is 3.31. The van der Waals surface area contributed by atoms with E-state index in [1.54, 1.807) is 31.1 Å². The van der Waals surface area contributed by atoms with Gasteiger partial charge in [0.05, 0.1) is 24.3 Å². The summed E-state index contributed by atoms with van der Waals surface area (Å²) < 4.78 is 18.0. The lowest BCUT2D eigenvalue weighted by molar-refractivity contribution is -0.156. The van der Waals surface area contributed by atoms with Gasteiger partial charge < -0.3 is 29.7 Å². The predicted molar refractivity (Wildman–Crippen MR) is 166 cm³/mol. The fourth-order valence-corrected chi connectivity index (χ4v) is 6.13. The maximum Gasteiger partial charge on any atom is 0.328 e. The Hall–Kier alpha value is -3.63. The Bertz CT molecular complexity index is 1320. The number of benzene rings is 1. The van der Waals surface area contributed by atoms with Crippen molar-refractivity contribution in [2.24, 2.45) is 11.8 Å². The number of carbonyl (C=O) groups excluding carboxylic acids is 3. The van der Waals surface area contributed by atoms with Gasteiger partial charge in [0.15, 0.2) is 0 Å². The molecule has 10 nitrogen and oxygen atoms in total. The van der Waals surface area contributed by atoms with E-state index in [4.69, 9.17) is 14.2 Å².